The van der Waals surface area contributed by atoms with Gasteiger partial charge in [-0.15, -0.1) is 0 Å². The summed E-state index contributed by atoms with van der Waals surface area (Å²) in [5, 5.41) is 0.926. The molecule has 1 aliphatic heterocycles. The minimum Gasteiger partial charge on any atom is -0.372 e. The van der Waals surface area contributed by atoms with Crippen molar-refractivity contribution in [3.63, 3.8) is 0 Å². The van der Waals surface area contributed by atoms with Gasteiger partial charge < -0.3 is 9.30 Å². The van der Waals surface area contributed by atoms with Gasteiger partial charge in [-0.2, -0.15) is 0 Å². The van der Waals surface area contributed by atoms with Crippen LogP contribution < -0.4 is 0 Å². The number of rotatable bonds is 5. The summed E-state index contributed by atoms with van der Waals surface area (Å²) in [6.07, 6.45) is 7.58. The zero-order valence-corrected chi connectivity index (χ0v) is 11.8. The van der Waals surface area contributed by atoms with Gasteiger partial charge in [0.1, 0.15) is 0 Å². The van der Waals surface area contributed by atoms with Crippen LogP contribution in [0, 0.1) is 0 Å². The van der Waals surface area contributed by atoms with Gasteiger partial charge in [0.25, 0.3) is 0 Å². The van der Waals surface area contributed by atoms with Gasteiger partial charge in [-0.3, -0.25) is 4.90 Å². The van der Waals surface area contributed by atoms with E-state index in [2.05, 4.69) is 37.3 Å². The molecule has 96 valence electrons. The first-order valence-corrected chi connectivity index (χ1v) is 7.29. The fourth-order valence-electron chi connectivity index (χ4n) is 2.30. The molecule has 2 unspecified atom stereocenters. The molecule has 0 bridgehead atoms. The molecule has 1 saturated heterocycles. The van der Waals surface area contributed by atoms with E-state index < -0.39 is 0 Å². The minimum absolute atomic E-state index is 0.340. The van der Waals surface area contributed by atoms with Crippen LogP contribution in [0.15, 0.2) is 18.7 Å². The molecule has 0 saturated carbocycles. The van der Waals surface area contributed by atoms with Crippen molar-refractivity contribution in [3.8, 4) is 0 Å². The molecular weight excluding hydrogens is 282 g/mol. The van der Waals surface area contributed by atoms with Crippen LogP contribution in [0.5, 0.6) is 0 Å². The topological polar surface area (TPSA) is 30.3 Å². The number of hydrogen-bond donors (Lipinski definition) is 0. The number of alkyl halides is 1. The van der Waals surface area contributed by atoms with Gasteiger partial charge in [-0.1, -0.05) is 15.9 Å². The third-order valence-corrected chi connectivity index (χ3v) is 3.75. The molecule has 0 aliphatic carbocycles. The molecule has 0 spiro atoms. The van der Waals surface area contributed by atoms with E-state index in [1.165, 1.54) is 0 Å². The lowest BCUT2D eigenvalue weighted by Crippen LogP contribution is -2.47. The standard InChI is InChI=1S/C12H20BrN3O/c1-11-8-16(9-12(7-13)17-11)5-2-4-15-6-3-14-10-15/h3,6,10-12H,2,4-5,7-9H2,1H3. The fourth-order valence-corrected chi connectivity index (χ4v) is 2.66. The minimum atomic E-state index is 0.340. The van der Waals surface area contributed by atoms with E-state index in [0.717, 1.165) is 37.9 Å². The molecule has 0 radical (unpaired) electrons. The Labute approximate surface area is 111 Å². The second-order valence-corrected chi connectivity index (χ2v) is 5.28. The molecule has 2 atom stereocenters. The lowest BCUT2D eigenvalue weighted by molar-refractivity contribution is -0.0655. The number of hydrogen-bond acceptors (Lipinski definition) is 3. The molecule has 17 heavy (non-hydrogen) atoms. The lowest BCUT2D eigenvalue weighted by atomic mass is 10.2. The normalized spacial score (nSPS) is 26.2. The Hall–Kier alpha value is -0.390. The van der Waals surface area contributed by atoms with E-state index in [4.69, 9.17) is 4.74 Å². The Morgan fingerprint density at radius 2 is 2.29 bits per heavy atom. The number of aryl methyl sites for hydroxylation is 1. The quantitative estimate of drug-likeness (QED) is 0.777. The second-order valence-electron chi connectivity index (χ2n) is 4.64. The van der Waals surface area contributed by atoms with Crippen molar-refractivity contribution in [2.75, 3.05) is 25.0 Å². The Morgan fingerprint density at radius 1 is 1.41 bits per heavy atom. The van der Waals surface area contributed by atoms with Crippen molar-refractivity contribution < 1.29 is 4.74 Å². The largest absolute Gasteiger partial charge is 0.372 e. The van der Waals surface area contributed by atoms with E-state index in [-0.39, 0.29) is 0 Å². The van der Waals surface area contributed by atoms with Crippen LogP contribution in [0.1, 0.15) is 13.3 Å². The highest BCUT2D eigenvalue weighted by atomic mass is 79.9. The highest BCUT2D eigenvalue weighted by Gasteiger charge is 2.23. The molecule has 2 heterocycles. The molecule has 4 nitrogen and oxygen atoms in total. The van der Waals surface area contributed by atoms with E-state index in [1.807, 2.05) is 18.7 Å². The monoisotopic (exact) mass is 301 g/mol. The molecule has 2 rings (SSSR count). The first-order chi connectivity index (χ1) is 8.28. The zero-order valence-electron chi connectivity index (χ0n) is 10.3. The zero-order chi connectivity index (χ0) is 12.1. The maximum absolute atomic E-state index is 5.81. The Balaban J connectivity index is 1.71. The molecule has 0 N–H and O–H groups in total. The van der Waals surface area contributed by atoms with Crippen LogP contribution in [0.3, 0.4) is 0 Å². The summed E-state index contributed by atoms with van der Waals surface area (Å²) in [7, 11) is 0. The summed E-state index contributed by atoms with van der Waals surface area (Å²) in [4.78, 5) is 6.55. The number of aromatic nitrogens is 2. The predicted octanol–water partition coefficient (Wildman–Crippen LogP) is 1.76. The van der Waals surface area contributed by atoms with Crippen molar-refractivity contribution in [2.24, 2.45) is 0 Å². The van der Waals surface area contributed by atoms with Crippen LogP contribution in [0.25, 0.3) is 0 Å². The molecule has 0 amide bonds. The van der Waals surface area contributed by atoms with Gasteiger partial charge in [0.05, 0.1) is 18.5 Å². The maximum atomic E-state index is 5.81. The van der Waals surface area contributed by atoms with Crippen LogP contribution in [-0.2, 0) is 11.3 Å². The van der Waals surface area contributed by atoms with Crippen molar-refractivity contribution >= 4 is 15.9 Å². The summed E-state index contributed by atoms with van der Waals surface area (Å²) in [5.41, 5.74) is 0. The highest BCUT2D eigenvalue weighted by Crippen LogP contribution is 2.13. The summed E-state index contributed by atoms with van der Waals surface area (Å²) in [6.45, 7) is 6.42. The number of nitrogens with zero attached hydrogens (tertiary/aromatic N) is 3. The van der Waals surface area contributed by atoms with Gasteiger partial charge in [-0.05, 0) is 13.3 Å². The molecular formula is C12H20BrN3O. The highest BCUT2D eigenvalue weighted by molar-refractivity contribution is 9.09. The van der Waals surface area contributed by atoms with Crippen LogP contribution in [0.4, 0.5) is 0 Å². The molecule has 0 aromatic carbocycles. The van der Waals surface area contributed by atoms with Gasteiger partial charge in [0.2, 0.25) is 0 Å². The van der Waals surface area contributed by atoms with Crippen LogP contribution in [-0.4, -0.2) is 51.6 Å². The van der Waals surface area contributed by atoms with Crippen molar-refractivity contribution in [2.45, 2.75) is 32.1 Å². The number of ether oxygens (including phenoxy) is 1. The number of imidazole rings is 1. The third-order valence-electron chi connectivity index (χ3n) is 3.02. The summed E-state index contributed by atoms with van der Waals surface area (Å²) < 4.78 is 7.94. The van der Waals surface area contributed by atoms with Gasteiger partial charge in [-0.25, -0.2) is 4.98 Å². The van der Waals surface area contributed by atoms with Crippen LogP contribution >= 0.6 is 15.9 Å². The van der Waals surface area contributed by atoms with E-state index in [9.17, 15) is 0 Å². The first-order valence-electron chi connectivity index (χ1n) is 6.17. The van der Waals surface area contributed by atoms with Crippen molar-refractivity contribution in [3.05, 3.63) is 18.7 Å². The molecule has 5 heteroatoms. The summed E-state index contributed by atoms with van der Waals surface area (Å²) >= 11 is 3.50. The Kier molecular flexibility index (Phi) is 5.00. The SMILES string of the molecule is CC1CN(CCCn2ccnc2)CC(CBr)O1. The molecule has 1 fully saturated rings. The molecule has 1 aliphatic rings. The van der Waals surface area contributed by atoms with Gasteiger partial charge >= 0.3 is 0 Å². The predicted molar refractivity (Wildman–Crippen MR) is 71.4 cm³/mol. The van der Waals surface area contributed by atoms with E-state index in [0.29, 0.717) is 12.2 Å². The third kappa shape index (κ3) is 4.08. The van der Waals surface area contributed by atoms with Crippen molar-refractivity contribution in [1.82, 2.24) is 14.5 Å². The van der Waals surface area contributed by atoms with Crippen molar-refractivity contribution in [1.29, 1.82) is 0 Å². The lowest BCUT2D eigenvalue weighted by Gasteiger charge is -2.36. The first kappa shape index (κ1) is 13.1. The maximum Gasteiger partial charge on any atom is 0.0945 e. The smallest absolute Gasteiger partial charge is 0.0945 e. The van der Waals surface area contributed by atoms with Gasteiger partial charge in [0.15, 0.2) is 0 Å². The second kappa shape index (κ2) is 6.52. The summed E-state index contributed by atoms with van der Waals surface area (Å²) in [6, 6.07) is 0. The average Bonchev–Trinajstić information content (AvgIpc) is 2.81. The molecule has 1 aromatic rings. The Bertz CT molecular complexity index is 318. The Morgan fingerprint density at radius 3 is 3.00 bits per heavy atom. The van der Waals surface area contributed by atoms with Crippen LogP contribution in [0.2, 0.25) is 0 Å². The fraction of sp³-hybridized carbons (Fsp3) is 0.750. The number of morpholine rings is 1. The van der Waals surface area contributed by atoms with E-state index >= 15 is 0 Å². The van der Waals surface area contributed by atoms with E-state index in [1.54, 1.807) is 0 Å². The molecule has 1 aromatic heterocycles. The average molecular weight is 302 g/mol. The summed E-state index contributed by atoms with van der Waals surface area (Å²) in [5.74, 6) is 0. The van der Waals surface area contributed by atoms with Gasteiger partial charge in [0, 0.05) is 43.9 Å². The number of halogens is 1.